The number of nitrogens with one attached hydrogen (secondary N) is 2. The molecule has 2 rings (SSSR count). The fourth-order valence-electron chi connectivity index (χ4n) is 2.70. The van der Waals surface area contributed by atoms with Crippen LogP contribution >= 0.6 is 11.3 Å². The lowest BCUT2D eigenvalue weighted by atomic mass is 10.2. The van der Waals surface area contributed by atoms with E-state index in [2.05, 4.69) is 34.4 Å². The molecule has 0 saturated carbocycles. The number of unbranched alkanes of at least 4 members (excludes halogenated alkanes) is 2. The van der Waals surface area contributed by atoms with Gasteiger partial charge in [-0.3, -0.25) is 0 Å². The van der Waals surface area contributed by atoms with Gasteiger partial charge in [-0.1, -0.05) is 32.8 Å². The number of aromatic nitrogens is 3. The highest BCUT2D eigenvalue weighted by molar-refractivity contribution is 7.15. The van der Waals surface area contributed by atoms with Crippen molar-refractivity contribution in [1.29, 1.82) is 0 Å². The van der Waals surface area contributed by atoms with Crippen molar-refractivity contribution in [3.8, 4) is 10.6 Å². The van der Waals surface area contributed by atoms with Crippen molar-refractivity contribution >= 4 is 29.2 Å². The van der Waals surface area contributed by atoms with E-state index >= 15 is 0 Å². The van der Waals surface area contributed by atoms with Gasteiger partial charge in [-0.15, -0.1) is 11.3 Å². The van der Waals surface area contributed by atoms with E-state index < -0.39 is 12.7 Å². The van der Waals surface area contributed by atoms with Crippen LogP contribution in [0.4, 0.5) is 24.9 Å². The van der Waals surface area contributed by atoms with Gasteiger partial charge in [0.25, 0.3) is 0 Å². The van der Waals surface area contributed by atoms with Crippen LogP contribution in [0.5, 0.6) is 0 Å². The number of alkyl halides is 3. The quantitative estimate of drug-likeness (QED) is 0.441. The second-order valence-electron chi connectivity index (χ2n) is 6.73. The van der Waals surface area contributed by atoms with Gasteiger partial charge in [0.2, 0.25) is 5.95 Å². The molecule has 0 bridgehead atoms. The second-order valence-corrected chi connectivity index (χ2v) is 7.93. The molecule has 29 heavy (non-hydrogen) atoms. The zero-order chi connectivity index (χ0) is 21.4. The molecule has 0 spiro atoms. The van der Waals surface area contributed by atoms with E-state index in [0.717, 1.165) is 46.8 Å². The molecule has 0 aromatic carbocycles. The Morgan fingerprint density at radius 3 is 2.45 bits per heavy atom. The first-order chi connectivity index (χ1) is 13.7. The third-order valence-corrected chi connectivity index (χ3v) is 5.17. The summed E-state index contributed by atoms with van der Waals surface area (Å²) in [5.41, 5.74) is 2.22. The molecule has 0 radical (unpaired) electrons. The molecule has 0 unspecified atom stereocenters. The maximum Gasteiger partial charge on any atom is 0.405 e. The Morgan fingerprint density at radius 1 is 1.03 bits per heavy atom. The Balaban J connectivity index is 2.39. The minimum atomic E-state index is -4.34. The number of thiazole rings is 1. The van der Waals surface area contributed by atoms with Gasteiger partial charge in [0.05, 0.1) is 17.0 Å². The molecule has 0 atom stereocenters. The number of aryl methyl sites for hydroxylation is 2. The molecule has 0 aliphatic rings. The average Bonchev–Trinajstić information content (AvgIpc) is 3.01. The van der Waals surface area contributed by atoms with Gasteiger partial charge in [0.15, 0.2) is 0 Å². The van der Waals surface area contributed by atoms with Gasteiger partial charge >= 0.3 is 6.18 Å². The van der Waals surface area contributed by atoms with E-state index in [0.29, 0.717) is 18.1 Å². The summed E-state index contributed by atoms with van der Waals surface area (Å²) in [5.74, 6) is 0.471. The summed E-state index contributed by atoms with van der Waals surface area (Å²) in [6.45, 7) is 7.45. The Labute approximate surface area is 173 Å². The fraction of sp³-hybridized carbons (Fsp3) is 0.550. The number of allylic oxidation sites excluding steroid dienone is 1. The number of anilines is 2. The van der Waals surface area contributed by atoms with E-state index in [1.807, 2.05) is 19.1 Å². The highest BCUT2D eigenvalue weighted by Crippen LogP contribution is 2.35. The number of rotatable bonds is 10. The summed E-state index contributed by atoms with van der Waals surface area (Å²) in [7, 11) is 0. The van der Waals surface area contributed by atoms with Crippen LogP contribution < -0.4 is 10.6 Å². The van der Waals surface area contributed by atoms with Crippen LogP contribution in [0.1, 0.15) is 55.8 Å². The highest BCUT2D eigenvalue weighted by atomic mass is 32.1. The lowest BCUT2D eigenvalue weighted by molar-refractivity contribution is -0.115. The average molecular weight is 428 g/mol. The summed E-state index contributed by atoms with van der Waals surface area (Å²) in [6, 6.07) is 0. The third-order valence-electron chi connectivity index (χ3n) is 4.17. The second kappa shape index (κ2) is 10.6. The van der Waals surface area contributed by atoms with Crippen molar-refractivity contribution in [2.24, 2.45) is 0 Å². The van der Waals surface area contributed by atoms with E-state index in [9.17, 15) is 13.2 Å². The van der Waals surface area contributed by atoms with Crippen LogP contribution in [0, 0.1) is 13.8 Å². The van der Waals surface area contributed by atoms with E-state index in [-0.39, 0.29) is 5.95 Å². The van der Waals surface area contributed by atoms with Crippen LogP contribution in [0.2, 0.25) is 0 Å². The first kappa shape index (κ1) is 23.1. The van der Waals surface area contributed by atoms with Crippen molar-refractivity contribution < 1.29 is 13.2 Å². The van der Waals surface area contributed by atoms with Crippen molar-refractivity contribution in [2.75, 3.05) is 23.7 Å². The van der Waals surface area contributed by atoms with Crippen molar-refractivity contribution in [1.82, 2.24) is 15.0 Å². The van der Waals surface area contributed by atoms with Crippen molar-refractivity contribution in [2.45, 2.75) is 59.6 Å². The predicted molar refractivity (Wildman–Crippen MR) is 114 cm³/mol. The largest absolute Gasteiger partial charge is 0.405 e. The monoisotopic (exact) mass is 427 g/mol. The maximum atomic E-state index is 12.6. The van der Waals surface area contributed by atoms with E-state index in [4.69, 9.17) is 4.98 Å². The lowest BCUT2D eigenvalue weighted by Crippen LogP contribution is -2.23. The molecular weight excluding hydrogens is 399 g/mol. The van der Waals surface area contributed by atoms with Crippen LogP contribution in [-0.2, 0) is 0 Å². The summed E-state index contributed by atoms with van der Waals surface area (Å²) in [4.78, 5) is 14.4. The van der Waals surface area contributed by atoms with Gasteiger partial charge in [0, 0.05) is 11.4 Å². The molecule has 2 aromatic rings. The Kier molecular flexibility index (Phi) is 8.43. The van der Waals surface area contributed by atoms with Gasteiger partial charge in [-0.05, 0) is 32.8 Å². The minimum Gasteiger partial charge on any atom is -0.369 e. The molecular formula is C20H28F3N5S. The van der Waals surface area contributed by atoms with E-state index in [1.165, 1.54) is 11.3 Å². The first-order valence-electron chi connectivity index (χ1n) is 9.82. The molecule has 2 heterocycles. The highest BCUT2D eigenvalue weighted by Gasteiger charge is 2.27. The summed E-state index contributed by atoms with van der Waals surface area (Å²) < 4.78 is 37.7. The molecule has 0 fully saturated rings. The number of hydrogen-bond donors (Lipinski definition) is 2. The smallest absolute Gasteiger partial charge is 0.369 e. The Hall–Kier alpha value is -2.16. The summed E-state index contributed by atoms with van der Waals surface area (Å²) >= 11 is 1.53. The summed E-state index contributed by atoms with van der Waals surface area (Å²) in [6.07, 6.45) is 3.70. The van der Waals surface area contributed by atoms with Crippen LogP contribution in [0.3, 0.4) is 0 Å². The molecule has 0 saturated heterocycles. The SMILES string of the molecule is CC/C=C\c1nc(-c2c(C)nc(NCC(F)(F)F)nc2NCCCCC)sc1C. The first-order valence-corrected chi connectivity index (χ1v) is 10.6. The van der Waals surface area contributed by atoms with Gasteiger partial charge in [0.1, 0.15) is 17.4 Å². The van der Waals surface area contributed by atoms with Crippen LogP contribution in [0.15, 0.2) is 6.08 Å². The zero-order valence-corrected chi connectivity index (χ0v) is 18.1. The molecule has 2 aromatic heterocycles. The molecule has 160 valence electrons. The molecule has 0 aliphatic carbocycles. The maximum absolute atomic E-state index is 12.6. The zero-order valence-electron chi connectivity index (χ0n) is 17.3. The third kappa shape index (κ3) is 6.99. The molecule has 2 N–H and O–H groups in total. The van der Waals surface area contributed by atoms with E-state index in [1.54, 1.807) is 6.92 Å². The van der Waals surface area contributed by atoms with Crippen molar-refractivity contribution in [3.63, 3.8) is 0 Å². The lowest BCUT2D eigenvalue weighted by Gasteiger charge is -2.15. The van der Waals surface area contributed by atoms with Crippen LogP contribution in [0.25, 0.3) is 16.6 Å². The Morgan fingerprint density at radius 2 is 1.79 bits per heavy atom. The van der Waals surface area contributed by atoms with Crippen LogP contribution in [-0.4, -0.2) is 34.2 Å². The van der Waals surface area contributed by atoms with Gasteiger partial charge < -0.3 is 10.6 Å². The fourth-order valence-corrected chi connectivity index (χ4v) is 3.69. The minimum absolute atomic E-state index is 0.0408. The normalized spacial score (nSPS) is 12.0. The summed E-state index contributed by atoms with van der Waals surface area (Å²) in [5, 5.41) is 6.31. The number of hydrogen-bond acceptors (Lipinski definition) is 6. The van der Waals surface area contributed by atoms with Gasteiger partial charge in [-0.2, -0.15) is 18.2 Å². The molecule has 0 amide bonds. The van der Waals surface area contributed by atoms with Gasteiger partial charge in [-0.25, -0.2) is 9.97 Å². The topological polar surface area (TPSA) is 62.7 Å². The molecule has 5 nitrogen and oxygen atoms in total. The molecule has 0 aliphatic heterocycles. The number of halogens is 3. The molecule has 9 heteroatoms. The number of nitrogens with zero attached hydrogens (tertiary/aromatic N) is 3. The predicted octanol–water partition coefficient (Wildman–Crippen LogP) is 6.22. The Bertz CT molecular complexity index is 830. The van der Waals surface area contributed by atoms with Crippen molar-refractivity contribution in [3.05, 3.63) is 22.3 Å². The standard InChI is InChI=1S/C20H28F3N5S/c1-5-7-9-11-24-17-16(18-27-15(10-8-6-2)14(4)29-18)13(3)26-19(28-17)25-12-20(21,22)23/h8,10H,5-7,9,11-12H2,1-4H3,(H2,24,25,26,28)/b10-8-.